The molecule has 0 spiro atoms. The summed E-state index contributed by atoms with van der Waals surface area (Å²) < 4.78 is 37.5. The summed E-state index contributed by atoms with van der Waals surface area (Å²) in [5.74, 6) is 4.48. The second-order valence-electron chi connectivity index (χ2n) is 16.8. The number of benzene rings is 6. The summed E-state index contributed by atoms with van der Waals surface area (Å²) in [6.45, 7) is 10.4. The van der Waals surface area contributed by atoms with Crippen molar-refractivity contribution < 1.29 is 38.0 Å². The van der Waals surface area contributed by atoms with Crippen LogP contribution >= 0.6 is 0 Å². The van der Waals surface area contributed by atoms with Crippen molar-refractivity contribution in [2.75, 3.05) is 61.9 Å². The van der Waals surface area contributed by atoms with E-state index in [-0.39, 0.29) is 12.1 Å². The molecule has 6 aromatic carbocycles. The van der Waals surface area contributed by atoms with Crippen LogP contribution in [0.15, 0.2) is 109 Å². The number of carbonyl (C=O) groups is 2. The predicted octanol–water partition coefficient (Wildman–Crippen LogP) is 12.8. The molecule has 68 heavy (non-hydrogen) atoms. The number of urea groups is 2. The Morgan fingerprint density at radius 3 is 0.912 bits per heavy atom. The van der Waals surface area contributed by atoms with Gasteiger partial charge in [0.25, 0.3) is 0 Å². The van der Waals surface area contributed by atoms with Crippen LogP contribution in [-0.4, -0.2) is 52.7 Å². The zero-order valence-electron chi connectivity index (χ0n) is 40.1. The summed E-state index contributed by atoms with van der Waals surface area (Å²) in [4.78, 5) is 27.4. The molecule has 356 valence electrons. The molecule has 0 saturated carbocycles. The van der Waals surface area contributed by atoms with Gasteiger partial charge in [-0.3, -0.25) is 0 Å². The molecular weight excluding hydrogens is 857 g/mol. The third-order valence-corrected chi connectivity index (χ3v) is 11.4. The lowest BCUT2D eigenvalue weighted by Gasteiger charge is -2.24. The second-order valence-corrected chi connectivity index (χ2v) is 16.8. The molecule has 0 radical (unpaired) electrons. The average Bonchev–Trinajstić information content (AvgIpc) is 3.33. The maximum Gasteiger partial charge on any atom is 0.323 e. The van der Waals surface area contributed by atoms with Crippen LogP contribution in [0.1, 0.15) is 97.9 Å². The molecule has 0 fully saturated rings. The third-order valence-electron chi connectivity index (χ3n) is 11.4. The molecule has 8 bridgehead atoms. The van der Waals surface area contributed by atoms with Gasteiger partial charge in [-0.05, 0) is 121 Å². The van der Waals surface area contributed by atoms with Crippen molar-refractivity contribution in [3.63, 3.8) is 0 Å². The minimum absolute atomic E-state index is 0.381. The predicted molar refractivity (Wildman–Crippen MR) is 271 cm³/mol. The Balaban J connectivity index is 1.39. The first kappa shape index (κ1) is 48.6. The molecule has 7 rings (SSSR count). The number of amides is 4. The SMILES string of the molecule is CCCOc1c2cccc1Cc1cc(NC(=O)Nc3ccc(OC)cc3)cc(c1OCCC)Cc1cccc(c1OCCC)Cc1cc(NC(=O)Nc3ccc(OC)cc3)cc(c1OCCC)C2. The Labute approximate surface area is 400 Å². The number of ether oxygens (including phenoxy) is 6. The van der Waals surface area contributed by atoms with Crippen molar-refractivity contribution in [3.8, 4) is 34.5 Å². The second kappa shape index (κ2) is 23.9. The summed E-state index contributed by atoms with van der Waals surface area (Å²) in [7, 11) is 3.22. The first-order chi connectivity index (χ1) is 33.2. The molecule has 0 unspecified atom stereocenters. The van der Waals surface area contributed by atoms with E-state index >= 15 is 0 Å². The van der Waals surface area contributed by atoms with Gasteiger partial charge in [-0.2, -0.15) is 0 Å². The van der Waals surface area contributed by atoms with Crippen LogP contribution in [0.2, 0.25) is 0 Å². The van der Waals surface area contributed by atoms with Crippen molar-refractivity contribution in [3.05, 3.63) is 154 Å². The molecule has 12 heteroatoms. The lowest BCUT2D eigenvalue weighted by molar-refractivity contribution is 0.261. The highest BCUT2D eigenvalue weighted by atomic mass is 16.5. The van der Waals surface area contributed by atoms with Crippen molar-refractivity contribution in [1.82, 2.24) is 0 Å². The number of para-hydroxylation sites is 2. The molecule has 12 nitrogen and oxygen atoms in total. The summed E-state index contributed by atoms with van der Waals surface area (Å²) >= 11 is 0. The summed E-state index contributed by atoms with van der Waals surface area (Å²) in [6.07, 6.45) is 5.04. The van der Waals surface area contributed by atoms with Gasteiger partial charge >= 0.3 is 12.1 Å². The Kier molecular flexibility index (Phi) is 17.1. The fourth-order valence-electron chi connectivity index (χ4n) is 8.33. The summed E-state index contributed by atoms with van der Waals surface area (Å²) in [5, 5.41) is 12.2. The van der Waals surface area contributed by atoms with Gasteiger partial charge < -0.3 is 49.7 Å². The van der Waals surface area contributed by atoms with Gasteiger partial charge in [0, 0.05) is 70.7 Å². The Bertz CT molecular complexity index is 2380. The van der Waals surface area contributed by atoms with Crippen molar-refractivity contribution in [2.45, 2.75) is 79.1 Å². The van der Waals surface area contributed by atoms with Gasteiger partial charge in [-0.25, -0.2) is 9.59 Å². The van der Waals surface area contributed by atoms with Crippen molar-refractivity contribution in [2.24, 2.45) is 0 Å². The minimum Gasteiger partial charge on any atom is -0.497 e. The van der Waals surface area contributed by atoms with Crippen LogP contribution in [0, 0.1) is 0 Å². The fraction of sp³-hybridized carbons (Fsp3) is 0.321. The average molecular weight is 921 g/mol. The van der Waals surface area contributed by atoms with Crippen molar-refractivity contribution >= 4 is 34.8 Å². The Morgan fingerprint density at radius 1 is 0.382 bits per heavy atom. The fourth-order valence-corrected chi connectivity index (χ4v) is 8.33. The van der Waals surface area contributed by atoms with E-state index in [1.54, 1.807) is 62.8 Å². The number of fused-ring (bicyclic) bond motifs is 8. The molecular formula is C56H64N4O8. The smallest absolute Gasteiger partial charge is 0.323 e. The molecule has 0 aliphatic heterocycles. The van der Waals surface area contributed by atoms with Crippen LogP contribution in [0.3, 0.4) is 0 Å². The lowest BCUT2D eigenvalue weighted by atomic mass is 9.90. The van der Waals surface area contributed by atoms with E-state index in [1.165, 1.54) is 0 Å². The van der Waals surface area contributed by atoms with Crippen molar-refractivity contribution in [1.29, 1.82) is 0 Å². The number of carbonyl (C=O) groups excluding carboxylic acids is 2. The third kappa shape index (κ3) is 12.5. The van der Waals surface area contributed by atoms with E-state index in [2.05, 4.69) is 85.4 Å². The van der Waals surface area contributed by atoms with E-state index in [9.17, 15) is 9.59 Å². The highest BCUT2D eigenvalue weighted by molar-refractivity contribution is 6.00. The monoisotopic (exact) mass is 920 g/mol. The largest absolute Gasteiger partial charge is 0.497 e. The number of anilines is 4. The maximum atomic E-state index is 13.7. The number of hydrogen-bond acceptors (Lipinski definition) is 8. The number of methoxy groups -OCH3 is 2. The standard InChI is InChI=1S/C56H64N4O8/c1-7-25-65-51-37-13-11-14-38(51)30-42-34-48(60-56(62)58-46-19-23-50(64-6)24-20-46)36-44(54(42)68-28-10-4)32-40-16-12-15-39(52(40)66-26-8-2)31-43-35-47(33-41(29-37)53(43)67-27-9-3)59-55(61)57-45-17-21-49(63-5)22-18-45/h11-24,33-36H,7-10,25-32H2,1-6H3,(H2,57,59,61)(H2,58,60,62). The zero-order chi connectivity index (χ0) is 47.8. The zero-order valence-corrected chi connectivity index (χ0v) is 40.1. The first-order valence-electron chi connectivity index (χ1n) is 23.7. The maximum absolute atomic E-state index is 13.7. The number of rotatable bonds is 18. The van der Waals surface area contributed by atoms with Crippen LogP contribution in [0.5, 0.6) is 34.5 Å². The van der Waals surface area contributed by atoms with E-state index < -0.39 is 0 Å². The van der Waals surface area contributed by atoms with Crippen LogP contribution < -0.4 is 49.7 Å². The lowest BCUT2D eigenvalue weighted by Crippen LogP contribution is -2.20. The molecule has 1 aliphatic rings. The Morgan fingerprint density at radius 2 is 0.647 bits per heavy atom. The van der Waals surface area contributed by atoms with Crippen LogP contribution in [-0.2, 0) is 25.7 Å². The van der Waals surface area contributed by atoms with E-state index in [0.29, 0.717) is 86.4 Å². The quantitative estimate of drug-likeness (QED) is 0.0668. The molecule has 1 aliphatic carbocycles. The van der Waals surface area contributed by atoms with Gasteiger partial charge in [0.05, 0.1) is 40.6 Å². The van der Waals surface area contributed by atoms with Gasteiger partial charge in [0.1, 0.15) is 34.5 Å². The Hall–Kier alpha value is -7.34. The number of nitrogens with one attached hydrogen (secondary N) is 4. The summed E-state index contributed by atoms with van der Waals surface area (Å²) in [5.41, 5.74) is 9.96. The van der Waals surface area contributed by atoms with Gasteiger partial charge in [-0.15, -0.1) is 0 Å². The van der Waals surface area contributed by atoms with Gasteiger partial charge in [0.2, 0.25) is 0 Å². The molecule has 0 saturated heterocycles. The molecule has 0 atom stereocenters. The molecule has 0 heterocycles. The van der Waals surface area contributed by atoms with Gasteiger partial charge in [0.15, 0.2) is 0 Å². The van der Waals surface area contributed by atoms with E-state index in [4.69, 9.17) is 28.4 Å². The number of hydrogen-bond donors (Lipinski definition) is 4. The minimum atomic E-state index is -0.381. The van der Waals surface area contributed by atoms with E-state index in [0.717, 1.165) is 93.2 Å². The van der Waals surface area contributed by atoms with Crippen LogP contribution in [0.25, 0.3) is 0 Å². The molecule has 0 aromatic heterocycles. The first-order valence-corrected chi connectivity index (χ1v) is 23.7. The summed E-state index contributed by atoms with van der Waals surface area (Å²) in [6, 6.07) is 34.2. The van der Waals surface area contributed by atoms with Gasteiger partial charge in [-0.1, -0.05) is 64.1 Å². The van der Waals surface area contributed by atoms with E-state index in [1.807, 2.05) is 24.3 Å². The highest BCUT2D eigenvalue weighted by Crippen LogP contribution is 2.41. The molecule has 4 amide bonds. The van der Waals surface area contributed by atoms with Crippen LogP contribution in [0.4, 0.5) is 32.3 Å². The molecule has 4 N–H and O–H groups in total. The topological polar surface area (TPSA) is 138 Å². The highest BCUT2D eigenvalue weighted by Gasteiger charge is 2.24. The normalized spacial score (nSPS) is 11.7. The molecule has 6 aromatic rings.